The molecule has 3 rings (SSSR count). The van der Waals surface area contributed by atoms with E-state index in [0.29, 0.717) is 25.5 Å². The number of benzene rings is 1. The van der Waals surface area contributed by atoms with Crippen molar-refractivity contribution in [3.63, 3.8) is 0 Å². The van der Waals surface area contributed by atoms with Gasteiger partial charge in [0.2, 0.25) is 5.91 Å². The van der Waals surface area contributed by atoms with Gasteiger partial charge in [0.25, 0.3) is 0 Å². The molecule has 1 amide bonds. The van der Waals surface area contributed by atoms with Crippen molar-refractivity contribution in [2.75, 3.05) is 30.9 Å². The number of aromatic nitrogens is 2. The van der Waals surface area contributed by atoms with Gasteiger partial charge >= 0.3 is 0 Å². The Hall–Kier alpha value is -3.25. The zero-order valence-electron chi connectivity index (χ0n) is 19.3. The van der Waals surface area contributed by atoms with Gasteiger partial charge in [-0.05, 0) is 66.8 Å². The molecule has 32 heavy (non-hydrogen) atoms. The number of anilines is 2. The minimum absolute atomic E-state index is 0.0484. The van der Waals surface area contributed by atoms with E-state index >= 15 is 0 Å². The number of aryl methyl sites for hydroxylation is 1. The maximum atomic E-state index is 13.2. The number of hydrogen-bond acceptors (Lipinski definition) is 5. The number of carbonyl (C=O) groups excluding carboxylic acids is 1. The molecule has 2 N–H and O–H groups in total. The maximum absolute atomic E-state index is 13.2. The fraction of sp³-hybridized carbons (Fsp3) is 0.346. The molecule has 1 aromatic carbocycles. The topological polar surface area (TPSA) is 76.1 Å². The van der Waals surface area contributed by atoms with E-state index in [-0.39, 0.29) is 11.8 Å². The summed E-state index contributed by atoms with van der Waals surface area (Å²) in [6.45, 7) is 7.47. The number of rotatable bonds is 10. The summed E-state index contributed by atoms with van der Waals surface area (Å²) in [7, 11) is 1.67. The third kappa shape index (κ3) is 6.62. The van der Waals surface area contributed by atoms with Gasteiger partial charge in [0.1, 0.15) is 5.82 Å². The molecule has 3 aromatic rings. The van der Waals surface area contributed by atoms with Crippen molar-refractivity contribution in [3.8, 4) is 11.1 Å². The molecule has 0 radical (unpaired) electrons. The Morgan fingerprint density at radius 3 is 2.53 bits per heavy atom. The van der Waals surface area contributed by atoms with Crippen molar-refractivity contribution in [3.05, 3.63) is 72.2 Å². The van der Waals surface area contributed by atoms with Crippen LogP contribution in [0.1, 0.15) is 37.6 Å². The van der Waals surface area contributed by atoms with Crippen LogP contribution >= 0.6 is 0 Å². The molecule has 2 aromatic heterocycles. The van der Waals surface area contributed by atoms with Crippen molar-refractivity contribution in [1.29, 1.82) is 0 Å². The summed E-state index contributed by atoms with van der Waals surface area (Å²) in [4.78, 5) is 22.2. The fourth-order valence-corrected chi connectivity index (χ4v) is 3.56. The minimum atomic E-state index is -0.332. The standard InChI is InChI=1S/C26H32N4O2/c1-18(2)16-23(24-6-5-7-25(30-24)28-14-15-32-4)26(31)29-22-10-8-20(9-11-22)21-12-13-27-19(3)17-21/h5-13,17-18,23H,14-16H2,1-4H3,(H,28,30)(H,29,31). The summed E-state index contributed by atoms with van der Waals surface area (Å²) in [6, 6.07) is 17.7. The molecule has 0 fully saturated rings. The van der Waals surface area contributed by atoms with E-state index in [2.05, 4.69) is 34.4 Å². The molecule has 0 saturated heterocycles. The Morgan fingerprint density at radius 1 is 1.06 bits per heavy atom. The van der Waals surface area contributed by atoms with Crippen LogP contribution in [-0.2, 0) is 9.53 Å². The Kier molecular flexibility index (Phi) is 8.34. The van der Waals surface area contributed by atoms with Crippen molar-refractivity contribution in [2.24, 2.45) is 5.92 Å². The number of nitrogens with one attached hydrogen (secondary N) is 2. The minimum Gasteiger partial charge on any atom is -0.383 e. The molecule has 0 saturated carbocycles. The third-order valence-corrected chi connectivity index (χ3v) is 5.15. The highest BCUT2D eigenvalue weighted by molar-refractivity contribution is 5.95. The van der Waals surface area contributed by atoms with Gasteiger partial charge in [-0.2, -0.15) is 0 Å². The second-order valence-corrected chi connectivity index (χ2v) is 8.30. The highest BCUT2D eigenvalue weighted by Gasteiger charge is 2.23. The van der Waals surface area contributed by atoms with Crippen molar-refractivity contribution in [2.45, 2.75) is 33.1 Å². The van der Waals surface area contributed by atoms with Crippen molar-refractivity contribution in [1.82, 2.24) is 9.97 Å². The molecular formula is C26H32N4O2. The van der Waals surface area contributed by atoms with Gasteiger partial charge in [0.05, 0.1) is 18.2 Å². The van der Waals surface area contributed by atoms with Gasteiger partial charge in [-0.3, -0.25) is 9.78 Å². The predicted molar refractivity (Wildman–Crippen MR) is 130 cm³/mol. The first-order chi connectivity index (χ1) is 15.5. The molecule has 6 heteroatoms. The van der Waals surface area contributed by atoms with Crippen molar-refractivity contribution < 1.29 is 9.53 Å². The zero-order valence-corrected chi connectivity index (χ0v) is 19.3. The highest BCUT2D eigenvalue weighted by atomic mass is 16.5. The third-order valence-electron chi connectivity index (χ3n) is 5.15. The molecule has 0 aliphatic heterocycles. The lowest BCUT2D eigenvalue weighted by Gasteiger charge is -2.19. The van der Waals surface area contributed by atoms with Gasteiger partial charge in [-0.15, -0.1) is 0 Å². The van der Waals surface area contributed by atoms with E-state index in [4.69, 9.17) is 4.74 Å². The van der Waals surface area contributed by atoms with Gasteiger partial charge in [-0.1, -0.05) is 32.0 Å². The number of amides is 1. The summed E-state index contributed by atoms with van der Waals surface area (Å²) in [6.07, 6.45) is 2.52. The van der Waals surface area contributed by atoms with Crippen LogP contribution in [0.25, 0.3) is 11.1 Å². The summed E-state index contributed by atoms with van der Waals surface area (Å²) < 4.78 is 5.08. The van der Waals surface area contributed by atoms with Crippen LogP contribution in [0.15, 0.2) is 60.8 Å². The lowest BCUT2D eigenvalue weighted by molar-refractivity contribution is -0.118. The van der Waals surface area contributed by atoms with Crippen LogP contribution in [0.4, 0.5) is 11.5 Å². The summed E-state index contributed by atoms with van der Waals surface area (Å²) in [5, 5.41) is 6.31. The molecular weight excluding hydrogens is 400 g/mol. The van der Waals surface area contributed by atoms with E-state index in [1.165, 1.54) is 0 Å². The molecule has 1 atom stereocenters. The Bertz CT molecular complexity index is 1020. The van der Waals surface area contributed by atoms with Crippen LogP contribution in [-0.4, -0.2) is 36.1 Å². The summed E-state index contributed by atoms with van der Waals surface area (Å²) >= 11 is 0. The quantitative estimate of drug-likeness (QED) is 0.426. The number of methoxy groups -OCH3 is 1. The van der Waals surface area contributed by atoms with E-state index in [1.807, 2.05) is 67.7 Å². The first kappa shape index (κ1) is 23.4. The largest absolute Gasteiger partial charge is 0.383 e. The van der Waals surface area contributed by atoms with Crippen LogP contribution in [0, 0.1) is 12.8 Å². The van der Waals surface area contributed by atoms with E-state index in [9.17, 15) is 4.79 Å². The fourth-order valence-electron chi connectivity index (χ4n) is 3.56. The number of carbonyl (C=O) groups is 1. The average Bonchev–Trinajstić information content (AvgIpc) is 2.78. The SMILES string of the molecule is COCCNc1cccc(C(CC(C)C)C(=O)Nc2ccc(-c3ccnc(C)c3)cc2)n1. The Balaban J connectivity index is 1.74. The Labute approximate surface area is 190 Å². The first-order valence-electron chi connectivity index (χ1n) is 11.0. The predicted octanol–water partition coefficient (Wildman–Crippen LogP) is 5.28. The van der Waals surface area contributed by atoms with Gasteiger partial charge in [0, 0.05) is 31.2 Å². The molecule has 0 bridgehead atoms. The number of ether oxygens (including phenoxy) is 1. The molecule has 0 aliphatic rings. The van der Waals surface area contributed by atoms with Crippen LogP contribution in [0.5, 0.6) is 0 Å². The second kappa shape index (κ2) is 11.4. The van der Waals surface area contributed by atoms with E-state index in [0.717, 1.165) is 34.0 Å². The maximum Gasteiger partial charge on any atom is 0.233 e. The number of hydrogen-bond donors (Lipinski definition) is 2. The average molecular weight is 433 g/mol. The first-order valence-corrected chi connectivity index (χ1v) is 11.0. The highest BCUT2D eigenvalue weighted by Crippen LogP contribution is 2.27. The summed E-state index contributed by atoms with van der Waals surface area (Å²) in [5.74, 6) is 0.725. The normalized spacial score (nSPS) is 11.9. The Morgan fingerprint density at radius 2 is 1.84 bits per heavy atom. The molecule has 2 heterocycles. The molecule has 6 nitrogen and oxygen atoms in total. The van der Waals surface area contributed by atoms with E-state index in [1.54, 1.807) is 7.11 Å². The van der Waals surface area contributed by atoms with Crippen molar-refractivity contribution >= 4 is 17.4 Å². The van der Waals surface area contributed by atoms with Gasteiger partial charge in [0.15, 0.2) is 0 Å². The lowest BCUT2D eigenvalue weighted by Crippen LogP contribution is -2.23. The molecule has 0 spiro atoms. The second-order valence-electron chi connectivity index (χ2n) is 8.30. The molecule has 1 unspecified atom stereocenters. The molecule has 0 aliphatic carbocycles. The zero-order chi connectivity index (χ0) is 22.9. The van der Waals surface area contributed by atoms with Gasteiger partial charge < -0.3 is 15.4 Å². The molecule has 168 valence electrons. The lowest BCUT2D eigenvalue weighted by atomic mass is 9.92. The van der Waals surface area contributed by atoms with Gasteiger partial charge in [-0.25, -0.2) is 4.98 Å². The van der Waals surface area contributed by atoms with Crippen LogP contribution in [0.3, 0.4) is 0 Å². The van der Waals surface area contributed by atoms with Crippen LogP contribution in [0.2, 0.25) is 0 Å². The smallest absolute Gasteiger partial charge is 0.233 e. The van der Waals surface area contributed by atoms with Crippen LogP contribution < -0.4 is 10.6 Å². The summed E-state index contributed by atoms with van der Waals surface area (Å²) in [5.41, 5.74) is 4.71. The number of pyridine rings is 2. The monoisotopic (exact) mass is 432 g/mol. The number of nitrogens with zero attached hydrogens (tertiary/aromatic N) is 2. The van der Waals surface area contributed by atoms with E-state index < -0.39 is 0 Å².